The van der Waals surface area contributed by atoms with Gasteiger partial charge >= 0.3 is 17.9 Å². The van der Waals surface area contributed by atoms with Crippen LogP contribution < -0.4 is 9.47 Å². The van der Waals surface area contributed by atoms with Gasteiger partial charge in [-0.1, -0.05) is 60.7 Å². The van der Waals surface area contributed by atoms with Crippen LogP contribution in [0.2, 0.25) is 0 Å². The van der Waals surface area contributed by atoms with Gasteiger partial charge in [0.05, 0.1) is 30.5 Å². The van der Waals surface area contributed by atoms with Gasteiger partial charge in [-0.3, -0.25) is 0 Å². The van der Waals surface area contributed by atoms with E-state index in [1.54, 1.807) is 0 Å². The smallest absolute Gasteiger partial charge is 0.347 e. The monoisotopic (exact) mass is 618 g/mol. The number of halogens is 1. The predicted molar refractivity (Wildman–Crippen MR) is 144 cm³/mol. The topological polar surface area (TPSA) is 97.4 Å². The standard InChI is InChI=1S/C28H27IO8/c1-33-26(30)20-16-21(36-23(27(31)34-2)14-18-10-6-4-7-11-18)25(29)22(17-20)37-24(28(32)35-3)15-19-12-8-5-9-13-19/h4-13,16-17,23-24H,14-15H2,1-3H3/t23-,24-/m1/s1. The molecule has 0 saturated carbocycles. The molecule has 0 aliphatic heterocycles. The van der Waals surface area contributed by atoms with Gasteiger partial charge in [-0.25, -0.2) is 14.4 Å². The van der Waals surface area contributed by atoms with E-state index >= 15 is 0 Å². The molecule has 3 rings (SSSR count). The quantitative estimate of drug-likeness (QED) is 0.177. The molecule has 0 aliphatic carbocycles. The van der Waals surface area contributed by atoms with E-state index in [0.29, 0.717) is 3.57 Å². The van der Waals surface area contributed by atoms with Crippen molar-refractivity contribution in [1.29, 1.82) is 0 Å². The molecule has 0 unspecified atom stereocenters. The fraction of sp³-hybridized carbons (Fsp3) is 0.250. The molecule has 194 valence electrons. The van der Waals surface area contributed by atoms with Gasteiger partial charge in [0.1, 0.15) is 11.5 Å². The number of hydrogen-bond donors (Lipinski definition) is 0. The van der Waals surface area contributed by atoms with E-state index in [2.05, 4.69) is 0 Å². The molecule has 0 fully saturated rings. The van der Waals surface area contributed by atoms with Gasteiger partial charge in [0, 0.05) is 12.8 Å². The maximum Gasteiger partial charge on any atom is 0.347 e. The Hall–Kier alpha value is -3.60. The fourth-order valence-electron chi connectivity index (χ4n) is 3.55. The van der Waals surface area contributed by atoms with E-state index in [1.165, 1.54) is 33.5 Å². The molecule has 0 amide bonds. The maximum atomic E-state index is 12.6. The third kappa shape index (κ3) is 7.69. The zero-order valence-electron chi connectivity index (χ0n) is 20.6. The Morgan fingerprint density at radius 2 is 1.08 bits per heavy atom. The van der Waals surface area contributed by atoms with Crippen molar-refractivity contribution < 1.29 is 38.1 Å². The number of carbonyl (C=O) groups excluding carboxylic acids is 3. The molecule has 3 aromatic carbocycles. The largest absolute Gasteiger partial charge is 0.477 e. The first-order chi connectivity index (χ1) is 17.9. The SMILES string of the molecule is COC(=O)c1cc(O[C@H](Cc2ccccc2)C(=O)OC)c(I)c(O[C@H](Cc2ccccc2)C(=O)OC)c1. The van der Waals surface area contributed by atoms with E-state index in [1.807, 2.05) is 83.3 Å². The average molecular weight is 618 g/mol. The van der Waals surface area contributed by atoms with Crippen molar-refractivity contribution in [3.63, 3.8) is 0 Å². The Morgan fingerprint density at radius 1 is 0.676 bits per heavy atom. The third-order valence-electron chi connectivity index (χ3n) is 5.42. The second kappa shape index (κ2) is 13.6. The zero-order valence-corrected chi connectivity index (χ0v) is 22.8. The van der Waals surface area contributed by atoms with Crippen LogP contribution in [0.25, 0.3) is 0 Å². The van der Waals surface area contributed by atoms with E-state index in [4.69, 9.17) is 23.7 Å². The molecule has 0 aromatic heterocycles. The van der Waals surface area contributed by atoms with Gasteiger partial charge in [0.25, 0.3) is 0 Å². The lowest BCUT2D eigenvalue weighted by molar-refractivity contribution is -0.149. The number of methoxy groups -OCH3 is 3. The molecule has 3 aromatic rings. The highest BCUT2D eigenvalue weighted by Gasteiger charge is 2.28. The highest BCUT2D eigenvalue weighted by atomic mass is 127. The van der Waals surface area contributed by atoms with Crippen molar-refractivity contribution in [2.45, 2.75) is 25.0 Å². The van der Waals surface area contributed by atoms with Crippen LogP contribution in [0.1, 0.15) is 21.5 Å². The number of hydrogen-bond acceptors (Lipinski definition) is 8. The van der Waals surface area contributed by atoms with Crippen molar-refractivity contribution in [3.05, 3.63) is 93.1 Å². The van der Waals surface area contributed by atoms with E-state index in [-0.39, 0.29) is 29.9 Å². The zero-order chi connectivity index (χ0) is 26.8. The minimum Gasteiger partial charge on any atom is -0.477 e. The van der Waals surface area contributed by atoms with E-state index in [0.717, 1.165) is 11.1 Å². The lowest BCUT2D eigenvalue weighted by Gasteiger charge is -2.22. The molecule has 0 bridgehead atoms. The molecule has 0 heterocycles. The highest BCUT2D eigenvalue weighted by molar-refractivity contribution is 14.1. The number of rotatable bonds is 11. The normalized spacial score (nSPS) is 12.1. The fourth-order valence-corrected chi connectivity index (χ4v) is 4.12. The molecule has 9 heteroatoms. The van der Waals surface area contributed by atoms with E-state index in [9.17, 15) is 14.4 Å². The summed E-state index contributed by atoms with van der Waals surface area (Å²) in [5.41, 5.74) is 1.85. The summed E-state index contributed by atoms with van der Waals surface area (Å²) >= 11 is 1.99. The summed E-state index contributed by atoms with van der Waals surface area (Å²) in [6.45, 7) is 0. The summed E-state index contributed by atoms with van der Waals surface area (Å²) in [5.74, 6) is -1.40. The molecule has 2 atom stereocenters. The summed E-state index contributed by atoms with van der Waals surface area (Å²) < 4.78 is 27.4. The first kappa shape index (κ1) is 28.0. The van der Waals surface area contributed by atoms with Crippen LogP contribution in [0.5, 0.6) is 11.5 Å². The Kier molecular flexibility index (Phi) is 10.3. The molecule has 37 heavy (non-hydrogen) atoms. The summed E-state index contributed by atoms with van der Waals surface area (Å²) in [4.78, 5) is 37.6. The lowest BCUT2D eigenvalue weighted by atomic mass is 10.1. The summed E-state index contributed by atoms with van der Waals surface area (Å²) in [7, 11) is 3.80. The molecular formula is C28H27IO8. The second-order valence-corrected chi connectivity index (χ2v) is 9.00. The maximum absolute atomic E-state index is 12.6. The van der Waals surface area contributed by atoms with Crippen molar-refractivity contribution in [3.8, 4) is 11.5 Å². The van der Waals surface area contributed by atoms with Crippen molar-refractivity contribution in [2.24, 2.45) is 0 Å². The number of carbonyl (C=O) groups is 3. The number of benzene rings is 3. The second-order valence-electron chi connectivity index (χ2n) is 7.92. The van der Waals surface area contributed by atoms with Gasteiger partial charge in [-0.2, -0.15) is 0 Å². The van der Waals surface area contributed by atoms with Crippen LogP contribution in [-0.2, 0) is 36.6 Å². The predicted octanol–water partition coefficient (Wildman–Crippen LogP) is 4.40. The first-order valence-corrected chi connectivity index (χ1v) is 12.4. The Labute approximate surface area is 229 Å². The van der Waals surface area contributed by atoms with Gasteiger partial charge in [-0.05, 0) is 45.9 Å². The van der Waals surface area contributed by atoms with Gasteiger partial charge < -0.3 is 23.7 Å². The summed E-state index contributed by atoms with van der Waals surface area (Å²) in [5, 5.41) is 0. The molecule has 8 nitrogen and oxygen atoms in total. The molecule has 0 radical (unpaired) electrons. The molecule has 0 saturated heterocycles. The van der Waals surface area contributed by atoms with Gasteiger partial charge in [0.15, 0.2) is 12.2 Å². The number of ether oxygens (including phenoxy) is 5. The van der Waals surface area contributed by atoms with Crippen LogP contribution in [0.3, 0.4) is 0 Å². The minimum atomic E-state index is -0.998. The van der Waals surface area contributed by atoms with Crippen LogP contribution in [0.15, 0.2) is 72.8 Å². The van der Waals surface area contributed by atoms with Crippen LogP contribution in [0, 0.1) is 3.57 Å². The molecule has 0 aliphatic rings. The van der Waals surface area contributed by atoms with Crippen LogP contribution in [-0.4, -0.2) is 51.4 Å². The lowest BCUT2D eigenvalue weighted by Crippen LogP contribution is -2.32. The van der Waals surface area contributed by atoms with Crippen molar-refractivity contribution in [2.75, 3.05) is 21.3 Å². The molecular weight excluding hydrogens is 591 g/mol. The van der Waals surface area contributed by atoms with Crippen molar-refractivity contribution in [1.82, 2.24) is 0 Å². The Bertz CT molecular complexity index is 1130. The third-order valence-corrected chi connectivity index (χ3v) is 6.48. The number of esters is 3. The van der Waals surface area contributed by atoms with Crippen LogP contribution >= 0.6 is 22.6 Å². The average Bonchev–Trinajstić information content (AvgIpc) is 2.93. The van der Waals surface area contributed by atoms with E-state index < -0.39 is 30.1 Å². The van der Waals surface area contributed by atoms with Gasteiger partial charge in [0.2, 0.25) is 0 Å². The Morgan fingerprint density at radius 3 is 1.43 bits per heavy atom. The minimum absolute atomic E-state index is 0.125. The molecule has 0 spiro atoms. The highest BCUT2D eigenvalue weighted by Crippen LogP contribution is 2.35. The Balaban J connectivity index is 1.98. The summed E-state index contributed by atoms with van der Waals surface area (Å²) in [6.07, 6.45) is -1.52. The van der Waals surface area contributed by atoms with Crippen LogP contribution in [0.4, 0.5) is 0 Å². The molecule has 0 N–H and O–H groups in total. The first-order valence-electron chi connectivity index (χ1n) is 11.3. The van der Waals surface area contributed by atoms with Crippen molar-refractivity contribution >= 4 is 40.5 Å². The van der Waals surface area contributed by atoms with Gasteiger partial charge in [-0.15, -0.1) is 0 Å². The summed E-state index contributed by atoms with van der Waals surface area (Å²) in [6, 6.07) is 21.6.